The van der Waals surface area contributed by atoms with Crippen molar-refractivity contribution in [1.82, 2.24) is 5.32 Å². The van der Waals surface area contributed by atoms with Gasteiger partial charge in [0.25, 0.3) is 5.69 Å². The molecular formula is C16H20N2O2S. The number of nitro benzene ring substituents is 1. The Morgan fingerprint density at radius 2 is 2.00 bits per heavy atom. The maximum atomic E-state index is 11.0. The fourth-order valence-corrected chi connectivity index (χ4v) is 3.37. The van der Waals surface area contributed by atoms with Crippen LogP contribution in [0.5, 0.6) is 0 Å². The molecule has 1 aromatic heterocycles. The molecule has 112 valence electrons. The summed E-state index contributed by atoms with van der Waals surface area (Å²) in [5.41, 5.74) is 0.986. The highest BCUT2D eigenvalue weighted by atomic mass is 32.1. The SMILES string of the molecule is CC(C)C(NCCc1ccccc1[N+](=O)[O-])c1cccs1. The van der Waals surface area contributed by atoms with E-state index < -0.39 is 0 Å². The predicted molar refractivity (Wildman–Crippen MR) is 86.7 cm³/mol. The lowest BCUT2D eigenvalue weighted by Gasteiger charge is -2.21. The van der Waals surface area contributed by atoms with Crippen LogP contribution >= 0.6 is 11.3 Å². The van der Waals surface area contributed by atoms with Crippen LogP contribution in [-0.4, -0.2) is 11.5 Å². The van der Waals surface area contributed by atoms with Gasteiger partial charge >= 0.3 is 0 Å². The number of nitrogens with one attached hydrogen (secondary N) is 1. The van der Waals surface area contributed by atoms with Crippen LogP contribution in [0.4, 0.5) is 5.69 Å². The van der Waals surface area contributed by atoms with Crippen molar-refractivity contribution >= 4 is 17.0 Å². The van der Waals surface area contributed by atoms with Gasteiger partial charge in [-0.1, -0.05) is 38.1 Å². The van der Waals surface area contributed by atoms with E-state index in [9.17, 15) is 10.1 Å². The maximum absolute atomic E-state index is 11.0. The third-order valence-electron chi connectivity index (χ3n) is 3.46. The summed E-state index contributed by atoms with van der Waals surface area (Å²) >= 11 is 1.74. The number of hydrogen-bond acceptors (Lipinski definition) is 4. The molecular weight excluding hydrogens is 284 g/mol. The third kappa shape index (κ3) is 4.12. The van der Waals surface area contributed by atoms with Crippen LogP contribution in [0.25, 0.3) is 0 Å². The quantitative estimate of drug-likeness (QED) is 0.616. The Hall–Kier alpha value is -1.72. The molecule has 4 nitrogen and oxygen atoms in total. The predicted octanol–water partition coefficient (Wildman–Crippen LogP) is 4.19. The molecule has 1 unspecified atom stereocenters. The van der Waals surface area contributed by atoms with E-state index in [1.807, 2.05) is 12.1 Å². The fraction of sp³-hybridized carbons (Fsp3) is 0.375. The molecule has 2 rings (SSSR count). The van der Waals surface area contributed by atoms with Crippen molar-refractivity contribution < 1.29 is 4.92 Å². The number of para-hydroxylation sites is 1. The lowest BCUT2D eigenvalue weighted by atomic mass is 10.0. The maximum Gasteiger partial charge on any atom is 0.272 e. The molecule has 0 amide bonds. The lowest BCUT2D eigenvalue weighted by molar-refractivity contribution is -0.385. The zero-order valence-corrected chi connectivity index (χ0v) is 13.1. The largest absolute Gasteiger partial charge is 0.309 e. The first kappa shape index (κ1) is 15.7. The second-order valence-electron chi connectivity index (χ2n) is 5.33. The first-order valence-electron chi connectivity index (χ1n) is 7.08. The van der Waals surface area contributed by atoms with Gasteiger partial charge < -0.3 is 5.32 Å². The second-order valence-corrected chi connectivity index (χ2v) is 6.31. The Bertz CT molecular complexity index is 582. The van der Waals surface area contributed by atoms with Gasteiger partial charge in [0.15, 0.2) is 0 Å². The molecule has 0 radical (unpaired) electrons. The Kier molecular flexibility index (Phi) is 5.47. The molecule has 0 aliphatic rings. The topological polar surface area (TPSA) is 55.2 Å². The smallest absolute Gasteiger partial charge is 0.272 e. The van der Waals surface area contributed by atoms with E-state index in [2.05, 4.69) is 36.7 Å². The summed E-state index contributed by atoms with van der Waals surface area (Å²) in [4.78, 5) is 12.0. The van der Waals surface area contributed by atoms with E-state index in [1.54, 1.807) is 23.5 Å². The zero-order chi connectivity index (χ0) is 15.2. The zero-order valence-electron chi connectivity index (χ0n) is 12.3. The Morgan fingerprint density at radius 3 is 2.62 bits per heavy atom. The van der Waals surface area contributed by atoms with Gasteiger partial charge in [0.1, 0.15) is 0 Å². The Balaban J connectivity index is 1.99. The van der Waals surface area contributed by atoms with Crippen LogP contribution in [0.15, 0.2) is 41.8 Å². The van der Waals surface area contributed by atoms with Crippen molar-refractivity contribution in [2.24, 2.45) is 5.92 Å². The number of nitro groups is 1. The normalized spacial score (nSPS) is 12.5. The molecule has 0 spiro atoms. The summed E-state index contributed by atoms with van der Waals surface area (Å²) in [5.74, 6) is 0.481. The summed E-state index contributed by atoms with van der Waals surface area (Å²) in [5, 5.41) is 16.6. The van der Waals surface area contributed by atoms with Crippen molar-refractivity contribution in [1.29, 1.82) is 0 Å². The number of hydrogen-bond donors (Lipinski definition) is 1. The van der Waals surface area contributed by atoms with Crippen LogP contribution in [0.2, 0.25) is 0 Å². The molecule has 0 saturated heterocycles. The van der Waals surface area contributed by atoms with Crippen molar-refractivity contribution in [2.45, 2.75) is 26.3 Å². The van der Waals surface area contributed by atoms with Gasteiger partial charge in [-0.05, 0) is 23.8 Å². The molecule has 0 bridgehead atoms. The van der Waals surface area contributed by atoms with Crippen molar-refractivity contribution in [3.8, 4) is 0 Å². The minimum Gasteiger partial charge on any atom is -0.309 e. The summed E-state index contributed by atoms with van der Waals surface area (Å²) in [6, 6.07) is 11.4. The van der Waals surface area contributed by atoms with E-state index in [0.29, 0.717) is 18.4 Å². The molecule has 1 heterocycles. The van der Waals surface area contributed by atoms with Crippen LogP contribution in [0.1, 0.15) is 30.3 Å². The van der Waals surface area contributed by atoms with Gasteiger partial charge in [0, 0.05) is 29.1 Å². The lowest BCUT2D eigenvalue weighted by Crippen LogP contribution is -2.27. The minimum atomic E-state index is -0.311. The van der Waals surface area contributed by atoms with Crippen LogP contribution in [0.3, 0.4) is 0 Å². The van der Waals surface area contributed by atoms with E-state index in [0.717, 1.165) is 12.1 Å². The molecule has 21 heavy (non-hydrogen) atoms. The number of rotatable bonds is 7. The van der Waals surface area contributed by atoms with Gasteiger partial charge in [-0.15, -0.1) is 11.3 Å². The molecule has 0 fully saturated rings. The molecule has 1 aromatic carbocycles. The van der Waals surface area contributed by atoms with Gasteiger partial charge in [-0.3, -0.25) is 10.1 Å². The molecule has 1 atom stereocenters. The molecule has 2 aromatic rings. The van der Waals surface area contributed by atoms with Gasteiger partial charge in [0.2, 0.25) is 0 Å². The summed E-state index contributed by atoms with van der Waals surface area (Å²) in [6.45, 7) is 5.09. The van der Waals surface area contributed by atoms with E-state index >= 15 is 0 Å². The Labute approximate surface area is 129 Å². The minimum absolute atomic E-state index is 0.205. The molecule has 0 saturated carbocycles. The van der Waals surface area contributed by atoms with E-state index in [1.165, 1.54) is 4.88 Å². The standard InChI is InChI=1S/C16H20N2O2S/c1-12(2)16(15-8-5-11-21-15)17-10-9-13-6-3-4-7-14(13)18(19)20/h3-8,11-12,16-17H,9-10H2,1-2H3. The average Bonchev–Trinajstić information content (AvgIpc) is 2.97. The fourth-order valence-electron chi connectivity index (χ4n) is 2.40. The van der Waals surface area contributed by atoms with Crippen LogP contribution < -0.4 is 5.32 Å². The summed E-state index contributed by atoms with van der Waals surface area (Å²) in [6.07, 6.45) is 0.658. The molecule has 5 heteroatoms. The van der Waals surface area contributed by atoms with Crippen molar-refractivity contribution in [2.75, 3.05) is 6.54 Å². The summed E-state index contributed by atoms with van der Waals surface area (Å²) in [7, 11) is 0. The van der Waals surface area contributed by atoms with Crippen LogP contribution in [-0.2, 0) is 6.42 Å². The molecule has 0 aliphatic carbocycles. The van der Waals surface area contributed by atoms with Crippen molar-refractivity contribution in [3.05, 3.63) is 62.3 Å². The van der Waals surface area contributed by atoms with Crippen molar-refractivity contribution in [3.63, 3.8) is 0 Å². The highest BCUT2D eigenvalue weighted by molar-refractivity contribution is 7.10. The first-order chi connectivity index (χ1) is 10.1. The number of benzene rings is 1. The van der Waals surface area contributed by atoms with Crippen LogP contribution in [0, 0.1) is 16.0 Å². The van der Waals surface area contributed by atoms with Gasteiger partial charge in [0.05, 0.1) is 4.92 Å². The average molecular weight is 304 g/mol. The van der Waals surface area contributed by atoms with Gasteiger partial charge in [-0.25, -0.2) is 0 Å². The highest BCUT2D eigenvalue weighted by Crippen LogP contribution is 2.26. The van der Waals surface area contributed by atoms with E-state index in [4.69, 9.17) is 0 Å². The Morgan fingerprint density at radius 1 is 1.24 bits per heavy atom. The third-order valence-corrected chi connectivity index (χ3v) is 4.42. The summed E-state index contributed by atoms with van der Waals surface area (Å²) < 4.78 is 0. The second kappa shape index (κ2) is 7.33. The number of nitrogens with zero attached hydrogens (tertiary/aromatic N) is 1. The van der Waals surface area contributed by atoms with Gasteiger partial charge in [-0.2, -0.15) is 0 Å². The number of thiophene rings is 1. The monoisotopic (exact) mass is 304 g/mol. The first-order valence-corrected chi connectivity index (χ1v) is 7.96. The molecule has 0 aliphatic heterocycles. The molecule has 1 N–H and O–H groups in total. The highest BCUT2D eigenvalue weighted by Gasteiger charge is 2.17. The van der Waals surface area contributed by atoms with E-state index in [-0.39, 0.29) is 10.6 Å².